The minimum Gasteiger partial charge on any atom is -0.505 e. The van der Waals surface area contributed by atoms with E-state index in [-0.39, 0.29) is 30.2 Å². The highest BCUT2D eigenvalue weighted by Gasteiger charge is 2.18. The van der Waals surface area contributed by atoms with E-state index in [1.807, 2.05) is 36.4 Å². The first-order chi connectivity index (χ1) is 15.6. The van der Waals surface area contributed by atoms with E-state index in [2.05, 4.69) is 22.5 Å². The Morgan fingerprint density at radius 2 is 1.81 bits per heavy atom. The van der Waals surface area contributed by atoms with Gasteiger partial charge in [0, 0.05) is 11.9 Å². The molecule has 0 saturated carbocycles. The molecule has 3 aromatic rings. The fraction of sp³-hybridized carbons (Fsp3) is 0.320. The molecule has 0 heterocycles. The summed E-state index contributed by atoms with van der Waals surface area (Å²) in [7, 11) is 0. The third-order valence-electron chi connectivity index (χ3n) is 5.01. The predicted octanol–water partition coefficient (Wildman–Crippen LogP) is 5.64. The maximum Gasteiger partial charge on any atom is 0.255 e. The molecule has 7 heteroatoms. The van der Waals surface area contributed by atoms with Gasteiger partial charge in [0.15, 0.2) is 5.75 Å². The van der Waals surface area contributed by atoms with Crippen molar-refractivity contribution in [2.45, 2.75) is 32.6 Å². The second-order valence-electron chi connectivity index (χ2n) is 7.43. The Morgan fingerprint density at radius 3 is 2.56 bits per heavy atom. The predicted molar refractivity (Wildman–Crippen MR) is 125 cm³/mol. The van der Waals surface area contributed by atoms with Crippen molar-refractivity contribution in [2.75, 3.05) is 19.8 Å². The first-order valence-electron chi connectivity index (χ1n) is 10.9. The summed E-state index contributed by atoms with van der Waals surface area (Å²) in [6, 6.07) is 16.2. The fourth-order valence-electron chi connectivity index (χ4n) is 3.29. The summed E-state index contributed by atoms with van der Waals surface area (Å²) < 4.78 is 5.75. The van der Waals surface area contributed by atoms with Crippen LogP contribution >= 0.6 is 0 Å². The Bertz CT molecular complexity index is 1060. The average Bonchev–Trinajstić information content (AvgIpc) is 2.82. The van der Waals surface area contributed by atoms with Crippen LogP contribution in [0.4, 0.5) is 11.4 Å². The number of nitrogens with zero attached hydrogens (tertiary/aromatic N) is 2. The van der Waals surface area contributed by atoms with Gasteiger partial charge in [-0.05, 0) is 42.1 Å². The molecule has 0 aliphatic rings. The lowest BCUT2D eigenvalue weighted by Gasteiger charge is -2.10. The number of benzene rings is 3. The molecular weight excluding hydrogens is 406 g/mol. The van der Waals surface area contributed by atoms with Crippen LogP contribution in [0.15, 0.2) is 64.8 Å². The standard InChI is InChI=1S/C25H29N3O4/c1-2-3-4-7-16-32-20-12-10-19(11-13-20)27-28-23-21-9-6-5-8-18(21)17-22(24(23)30)25(31)26-14-15-29/h5-6,8-13,17,29-30H,2-4,7,14-16H2,1H3,(H,26,31). The van der Waals surface area contributed by atoms with Gasteiger partial charge in [0.25, 0.3) is 5.91 Å². The summed E-state index contributed by atoms with van der Waals surface area (Å²) in [5.74, 6) is 0.0328. The number of ether oxygens (including phenoxy) is 1. The molecule has 3 rings (SSSR count). The number of fused-ring (bicyclic) bond motifs is 1. The number of aliphatic hydroxyl groups excluding tert-OH is 1. The number of carbonyl (C=O) groups excluding carboxylic acids is 1. The van der Waals surface area contributed by atoms with Gasteiger partial charge in [0.1, 0.15) is 11.4 Å². The molecule has 0 saturated heterocycles. The average molecular weight is 436 g/mol. The number of rotatable bonds is 11. The van der Waals surface area contributed by atoms with E-state index >= 15 is 0 Å². The van der Waals surface area contributed by atoms with Crippen LogP contribution in [0.25, 0.3) is 10.8 Å². The molecule has 0 fully saturated rings. The number of phenols is 1. The number of unbranched alkanes of at least 4 members (excludes halogenated alkanes) is 3. The fourth-order valence-corrected chi connectivity index (χ4v) is 3.29. The molecule has 0 aliphatic carbocycles. The highest BCUT2D eigenvalue weighted by atomic mass is 16.5. The number of nitrogens with one attached hydrogen (secondary N) is 1. The Balaban J connectivity index is 1.80. The summed E-state index contributed by atoms with van der Waals surface area (Å²) in [6.07, 6.45) is 4.61. The lowest BCUT2D eigenvalue weighted by molar-refractivity contribution is 0.0942. The van der Waals surface area contributed by atoms with Crippen molar-refractivity contribution in [3.05, 3.63) is 60.2 Å². The summed E-state index contributed by atoms with van der Waals surface area (Å²) in [6.45, 7) is 2.77. The molecule has 0 aliphatic heterocycles. The zero-order valence-electron chi connectivity index (χ0n) is 18.3. The van der Waals surface area contributed by atoms with E-state index in [0.29, 0.717) is 17.7 Å². The number of aliphatic hydroxyl groups is 1. The molecule has 3 aromatic carbocycles. The Kier molecular flexibility index (Phi) is 8.57. The number of hydrogen-bond acceptors (Lipinski definition) is 6. The van der Waals surface area contributed by atoms with Crippen molar-refractivity contribution >= 4 is 28.1 Å². The number of carbonyl (C=O) groups is 1. The van der Waals surface area contributed by atoms with Crippen molar-refractivity contribution in [3.8, 4) is 11.5 Å². The number of phenolic OH excluding ortho intramolecular Hbond substituents is 1. The smallest absolute Gasteiger partial charge is 0.255 e. The Hall–Kier alpha value is -3.45. The molecule has 0 spiro atoms. The number of aromatic hydroxyl groups is 1. The van der Waals surface area contributed by atoms with Crippen LogP contribution in [0.3, 0.4) is 0 Å². The van der Waals surface area contributed by atoms with Crippen LogP contribution in [0.2, 0.25) is 0 Å². The summed E-state index contributed by atoms with van der Waals surface area (Å²) in [4.78, 5) is 12.4. The van der Waals surface area contributed by atoms with Crippen LogP contribution in [-0.4, -0.2) is 35.9 Å². The maximum absolute atomic E-state index is 12.4. The minimum atomic E-state index is -0.487. The topological polar surface area (TPSA) is 104 Å². The van der Waals surface area contributed by atoms with Gasteiger partial charge in [-0.1, -0.05) is 50.5 Å². The quantitative estimate of drug-likeness (QED) is 0.268. The van der Waals surface area contributed by atoms with E-state index in [1.165, 1.54) is 12.8 Å². The van der Waals surface area contributed by atoms with Crippen LogP contribution in [0, 0.1) is 0 Å². The highest BCUT2D eigenvalue weighted by Crippen LogP contribution is 2.39. The second-order valence-corrected chi connectivity index (χ2v) is 7.43. The summed E-state index contributed by atoms with van der Waals surface area (Å²) >= 11 is 0. The van der Waals surface area contributed by atoms with Crippen LogP contribution in [-0.2, 0) is 0 Å². The molecular formula is C25H29N3O4. The van der Waals surface area contributed by atoms with Gasteiger partial charge < -0.3 is 20.3 Å². The normalized spacial score (nSPS) is 11.2. The lowest BCUT2D eigenvalue weighted by atomic mass is 10.0. The minimum absolute atomic E-state index is 0.0814. The third kappa shape index (κ3) is 6.04. The first kappa shape index (κ1) is 23.2. The van der Waals surface area contributed by atoms with E-state index in [1.54, 1.807) is 18.2 Å². The summed E-state index contributed by atoms with van der Waals surface area (Å²) in [5.41, 5.74) is 0.897. The molecule has 7 nitrogen and oxygen atoms in total. The van der Waals surface area contributed by atoms with Crippen molar-refractivity contribution in [2.24, 2.45) is 10.2 Å². The van der Waals surface area contributed by atoms with Crippen molar-refractivity contribution in [1.29, 1.82) is 0 Å². The second kappa shape index (κ2) is 11.8. The van der Waals surface area contributed by atoms with Crippen LogP contribution < -0.4 is 10.1 Å². The largest absolute Gasteiger partial charge is 0.505 e. The molecule has 1 amide bonds. The monoisotopic (exact) mass is 435 g/mol. The van der Waals surface area contributed by atoms with E-state index in [9.17, 15) is 9.90 Å². The van der Waals surface area contributed by atoms with Crippen molar-refractivity contribution < 1.29 is 19.7 Å². The van der Waals surface area contributed by atoms with Gasteiger partial charge in [-0.15, -0.1) is 5.11 Å². The number of azo groups is 1. The molecule has 168 valence electrons. The number of amides is 1. The molecule has 0 radical (unpaired) electrons. The van der Waals surface area contributed by atoms with Crippen molar-refractivity contribution in [3.63, 3.8) is 0 Å². The van der Waals surface area contributed by atoms with Gasteiger partial charge in [0.05, 0.1) is 24.5 Å². The molecule has 3 N–H and O–H groups in total. The molecule has 0 atom stereocenters. The zero-order chi connectivity index (χ0) is 22.8. The van der Waals surface area contributed by atoms with Crippen LogP contribution in [0.5, 0.6) is 11.5 Å². The zero-order valence-corrected chi connectivity index (χ0v) is 18.3. The van der Waals surface area contributed by atoms with Gasteiger partial charge in [-0.3, -0.25) is 4.79 Å². The highest BCUT2D eigenvalue weighted by molar-refractivity contribution is 6.06. The molecule has 0 aromatic heterocycles. The molecule has 32 heavy (non-hydrogen) atoms. The molecule has 0 bridgehead atoms. The van der Waals surface area contributed by atoms with Gasteiger partial charge >= 0.3 is 0 Å². The van der Waals surface area contributed by atoms with Gasteiger partial charge in [-0.2, -0.15) is 5.11 Å². The van der Waals surface area contributed by atoms with Gasteiger partial charge in [-0.25, -0.2) is 0 Å². The Labute approximate surface area is 187 Å². The number of hydrogen-bond donors (Lipinski definition) is 3. The summed E-state index contributed by atoms with van der Waals surface area (Å²) in [5, 5.41) is 32.2. The first-order valence-corrected chi connectivity index (χ1v) is 10.9. The molecule has 0 unspecified atom stereocenters. The lowest BCUT2D eigenvalue weighted by Crippen LogP contribution is -2.26. The maximum atomic E-state index is 12.4. The van der Waals surface area contributed by atoms with Gasteiger partial charge in [0.2, 0.25) is 0 Å². The third-order valence-corrected chi connectivity index (χ3v) is 5.01. The Morgan fingerprint density at radius 1 is 1.03 bits per heavy atom. The van der Waals surface area contributed by atoms with Crippen molar-refractivity contribution in [1.82, 2.24) is 5.32 Å². The van der Waals surface area contributed by atoms with E-state index < -0.39 is 5.91 Å². The SMILES string of the molecule is CCCCCCOc1ccc(N=Nc2c(O)c(C(=O)NCCO)cc3ccccc23)cc1. The van der Waals surface area contributed by atoms with E-state index in [4.69, 9.17) is 9.84 Å². The van der Waals surface area contributed by atoms with E-state index in [0.717, 1.165) is 24.0 Å². The van der Waals surface area contributed by atoms with Crippen LogP contribution in [0.1, 0.15) is 43.0 Å².